The first-order chi connectivity index (χ1) is 24.1. The number of ether oxygens (including phenoxy) is 1. The van der Waals surface area contributed by atoms with Crippen LogP contribution in [0.15, 0.2) is 66.9 Å². The lowest BCUT2D eigenvalue weighted by atomic mass is 9.81. The second-order valence-electron chi connectivity index (χ2n) is 15.3. The van der Waals surface area contributed by atoms with Crippen LogP contribution in [0.25, 0.3) is 5.65 Å². The Morgan fingerprint density at radius 1 is 1.06 bits per heavy atom. The van der Waals surface area contributed by atoms with Crippen LogP contribution in [-0.4, -0.2) is 80.1 Å². The van der Waals surface area contributed by atoms with E-state index >= 15 is 0 Å². The molecular formula is C38H46N8O5. The number of β-amino-alcohol motifs (C(OH)–C–C–N with tert-alkyl or cyclic N) is 1. The molecule has 1 saturated heterocycles. The Morgan fingerprint density at radius 3 is 2.55 bits per heavy atom. The summed E-state index contributed by atoms with van der Waals surface area (Å²) in [4.78, 5) is 46.3. The maximum absolute atomic E-state index is 13.6. The van der Waals surface area contributed by atoms with Gasteiger partial charge in [-0.3, -0.25) is 18.9 Å². The Morgan fingerprint density at radius 2 is 1.84 bits per heavy atom. The zero-order valence-corrected chi connectivity index (χ0v) is 29.9. The summed E-state index contributed by atoms with van der Waals surface area (Å²) in [6.45, 7) is 14.5. The van der Waals surface area contributed by atoms with Gasteiger partial charge >= 0.3 is 6.03 Å². The second-order valence-corrected chi connectivity index (χ2v) is 15.3. The molecule has 0 saturated carbocycles. The number of amides is 3. The van der Waals surface area contributed by atoms with Crippen LogP contribution < -0.4 is 20.7 Å². The van der Waals surface area contributed by atoms with Crippen LogP contribution in [-0.2, 0) is 21.2 Å². The maximum Gasteiger partial charge on any atom is 0.320 e. The molecule has 4 aromatic rings. The van der Waals surface area contributed by atoms with Gasteiger partial charge in [-0.25, -0.2) is 9.78 Å². The van der Waals surface area contributed by atoms with Crippen LogP contribution in [0.5, 0.6) is 5.75 Å². The molecule has 2 aliphatic rings. The first kappa shape index (κ1) is 35.7. The van der Waals surface area contributed by atoms with Gasteiger partial charge in [0.15, 0.2) is 11.9 Å². The summed E-state index contributed by atoms with van der Waals surface area (Å²) in [7, 11) is 0. The summed E-state index contributed by atoms with van der Waals surface area (Å²) in [5.74, 6) is 1.01. The van der Waals surface area contributed by atoms with E-state index in [0.29, 0.717) is 59.8 Å². The van der Waals surface area contributed by atoms with Gasteiger partial charge in [0, 0.05) is 54.0 Å². The number of likely N-dealkylation sites (tertiary alicyclic amines) is 1. The van der Waals surface area contributed by atoms with Gasteiger partial charge in [0.1, 0.15) is 28.9 Å². The van der Waals surface area contributed by atoms with Gasteiger partial charge in [0.25, 0.3) is 5.91 Å². The van der Waals surface area contributed by atoms with Crippen molar-refractivity contribution in [2.24, 2.45) is 0 Å². The average molecular weight is 695 g/mol. The molecule has 268 valence electrons. The van der Waals surface area contributed by atoms with Gasteiger partial charge in [-0.15, -0.1) is 10.2 Å². The molecule has 6 rings (SSSR count). The number of benzene rings is 1. The molecule has 51 heavy (non-hydrogen) atoms. The number of hydrogen-bond donors (Lipinski definition) is 4. The molecule has 3 amide bonds. The minimum atomic E-state index is -1.48. The molecule has 0 bridgehead atoms. The Labute approximate surface area is 297 Å². The van der Waals surface area contributed by atoms with Crippen molar-refractivity contribution in [3.63, 3.8) is 0 Å². The van der Waals surface area contributed by atoms with Gasteiger partial charge in [0.05, 0.1) is 12.3 Å². The molecule has 0 spiro atoms. The highest BCUT2D eigenvalue weighted by Gasteiger charge is 2.38. The number of fused-ring (bicyclic) bond motifs is 2. The van der Waals surface area contributed by atoms with E-state index in [0.717, 1.165) is 18.8 Å². The van der Waals surface area contributed by atoms with Gasteiger partial charge in [-0.2, -0.15) is 0 Å². The first-order valence-electron chi connectivity index (χ1n) is 17.2. The highest BCUT2D eigenvalue weighted by atomic mass is 16.5. The monoisotopic (exact) mass is 694 g/mol. The Hall–Kier alpha value is -5.14. The van der Waals surface area contributed by atoms with Crippen molar-refractivity contribution in [2.75, 3.05) is 31.5 Å². The Bertz CT molecular complexity index is 1980. The van der Waals surface area contributed by atoms with E-state index in [-0.39, 0.29) is 23.1 Å². The molecule has 1 fully saturated rings. The van der Waals surface area contributed by atoms with Crippen molar-refractivity contribution >= 4 is 29.6 Å². The van der Waals surface area contributed by atoms with Crippen LogP contribution in [0.1, 0.15) is 87.2 Å². The number of hydrogen-bond acceptors (Lipinski definition) is 9. The first-order valence-corrected chi connectivity index (χ1v) is 17.2. The molecule has 1 aliphatic carbocycles. The van der Waals surface area contributed by atoms with Crippen molar-refractivity contribution in [1.82, 2.24) is 35.1 Å². The van der Waals surface area contributed by atoms with E-state index in [1.54, 1.807) is 30.4 Å². The third-order valence-electron chi connectivity index (χ3n) is 9.11. The zero-order chi connectivity index (χ0) is 36.6. The zero-order valence-electron chi connectivity index (χ0n) is 29.9. The van der Waals surface area contributed by atoms with E-state index < -0.39 is 23.1 Å². The van der Waals surface area contributed by atoms with Gasteiger partial charge < -0.3 is 25.8 Å². The lowest BCUT2D eigenvalue weighted by Gasteiger charge is -2.34. The van der Waals surface area contributed by atoms with Crippen molar-refractivity contribution in [3.05, 3.63) is 95.2 Å². The van der Waals surface area contributed by atoms with Crippen LogP contribution in [0.4, 0.5) is 10.5 Å². The molecule has 13 nitrogen and oxygen atoms in total. The lowest BCUT2D eigenvalue weighted by molar-refractivity contribution is -0.111. The highest BCUT2D eigenvalue weighted by Crippen LogP contribution is 2.37. The topological polar surface area (TPSA) is 163 Å². The molecule has 1 aliphatic heterocycles. The minimum absolute atomic E-state index is 0.159. The standard InChI is InChI=1S/C38H46N8O5/c1-36(2,3)31-20-24(19-29(41-31)33(49)39-16-18-45-17-14-25(48)21-45)40-35(50)42-38(23-47)15-13-30(27-9-7-8-10-28(27)38)51-26-11-12-32-43-44-34(37(4,5)6)46(32)22-26/h7-13,15,19-20,22-23,25,30,48H,14,16-18,21H2,1-6H3,(H,39,49)(H2,40,41,42,50)/t25-,30+,38+/m0/s1. The number of aliphatic hydroxyl groups excluding tert-OH is 1. The smallest absolute Gasteiger partial charge is 0.320 e. The van der Waals surface area contributed by atoms with Gasteiger partial charge in [0.2, 0.25) is 0 Å². The molecule has 13 heteroatoms. The second kappa shape index (κ2) is 13.9. The number of aldehydes is 1. The lowest BCUT2D eigenvalue weighted by Crippen LogP contribution is -2.49. The number of aliphatic hydroxyl groups is 1. The number of carbonyl (C=O) groups is 3. The SMILES string of the molecule is CC(C)(C)c1cc(NC(=O)N[C@@]2(C=O)C=C[C@@H](Oc3ccc4nnc(C(C)(C)C)n4c3)c3ccccc32)cc(C(=O)NCCN2CC[C@H](O)C2)n1. The molecular weight excluding hydrogens is 648 g/mol. The van der Waals surface area contributed by atoms with E-state index in [1.165, 1.54) is 6.07 Å². The third-order valence-corrected chi connectivity index (χ3v) is 9.11. The number of aromatic nitrogens is 4. The summed E-state index contributed by atoms with van der Waals surface area (Å²) in [6, 6.07) is 13.6. The fraction of sp³-hybridized carbons (Fsp3) is 0.421. The van der Waals surface area contributed by atoms with Crippen LogP contribution >= 0.6 is 0 Å². The number of pyridine rings is 2. The molecule has 0 unspecified atom stereocenters. The fourth-order valence-corrected chi connectivity index (χ4v) is 6.38. The summed E-state index contributed by atoms with van der Waals surface area (Å²) in [5.41, 5.74) is 0.975. The predicted molar refractivity (Wildman–Crippen MR) is 193 cm³/mol. The fourth-order valence-electron chi connectivity index (χ4n) is 6.38. The number of nitrogens with zero attached hydrogens (tertiary/aromatic N) is 5. The summed E-state index contributed by atoms with van der Waals surface area (Å²) < 4.78 is 8.35. The normalized spacial score (nSPS) is 20.5. The van der Waals surface area contributed by atoms with Crippen molar-refractivity contribution in [2.45, 2.75) is 76.5 Å². The molecule has 3 aromatic heterocycles. The minimum Gasteiger partial charge on any atom is -0.480 e. The highest BCUT2D eigenvalue weighted by molar-refractivity contribution is 5.96. The van der Waals surface area contributed by atoms with E-state index in [4.69, 9.17) is 4.74 Å². The summed E-state index contributed by atoms with van der Waals surface area (Å²) in [6.07, 6.45) is 5.79. The third kappa shape index (κ3) is 7.79. The van der Waals surface area contributed by atoms with Gasteiger partial charge in [-0.1, -0.05) is 65.8 Å². The summed E-state index contributed by atoms with van der Waals surface area (Å²) in [5, 5.41) is 27.0. The van der Waals surface area contributed by atoms with Crippen molar-refractivity contribution < 1.29 is 24.2 Å². The molecule has 1 aromatic carbocycles. The van der Waals surface area contributed by atoms with Gasteiger partial charge in [-0.05, 0) is 48.4 Å². The van der Waals surface area contributed by atoms with E-state index in [9.17, 15) is 19.5 Å². The van der Waals surface area contributed by atoms with Crippen molar-refractivity contribution in [1.29, 1.82) is 0 Å². The van der Waals surface area contributed by atoms with E-state index in [1.807, 2.05) is 55.6 Å². The van der Waals surface area contributed by atoms with Crippen molar-refractivity contribution in [3.8, 4) is 5.75 Å². The number of urea groups is 1. The van der Waals surface area contributed by atoms with E-state index in [2.05, 4.69) is 56.8 Å². The molecule has 0 radical (unpaired) electrons. The largest absolute Gasteiger partial charge is 0.480 e. The van der Waals surface area contributed by atoms with Crippen LogP contribution in [0.2, 0.25) is 0 Å². The maximum atomic E-state index is 13.6. The number of nitrogens with one attached hydrogen (secondary N) is 3. The predicted octanol–water partition coefficient (Wildman–Crippen LogP) is 4.42. The van der Waals surface area contributed by atoms with Crippen LogP contribution in [0.3, 0.4) is 0 Å². The molecule has 4 heterocycles. The number of anilines is 1. The average Bonchev–Trinajstić information content (AvgIpc) is 3.71. The van der Waals surface area contributed by atoms with Crippen LogP contribution in [0, 0.1) is 0 Å². The Balaban J connectivity index is 1.20. The summed E-state index contributed by atoms with van der Waals surface area (Å²) >= 11 is 0. The molecule has 3 atom stereocenters. The quantitative estimate of drug-likeness (QED) is 0.147. The Kier molecular flexibility index (Phi) is 9.71. The number of rotatable bonds is 9. The molecule has 4 N–H and O–H groups in total. The number of carbonyl (C=O) groups excluding carboxylic acids is 3.